The second-order valence-corrected chi connectivity index (χ2v) is 11.7. The van der Waals surface area contributed by atoms with Crippen LogP contribution >= 0.6 is 0 Å². The van der Waals surface area contributed by atoms with Gasteiger partial charge in [-0.2, -0.15) is 0 Å². The standard InChI is InChI=1S/C25H43FO2/c1-5-25(28)13-12-23(3)17(14-25)6-7-18-20-9-8-19(16(2)22(27)15-26)24(20,4)11-10-21(18)23/h16-22,27-28H,5-15H2,1-4H3/t16-,17+,18-,19+,20-,21-,22+,23-,24+,25+/m0/s1. The maximum absolute atomic E-state index is 13.2. The van der Waals surface area contributed by atoms with Crippen LogP contribution in [0.25, 0.3) is 0 Å². The number of hydrogen-bond donors (Lipinski definition) is 2. The van der Waals surface area contributed by atoms with Gasteiger partial charge in [0, 0.05) is 0 Å². The monoisotopic (exact) mass is 394 g/mol. The van der Waals surface area contributed by atoms with Crippen molar-refractivity contribution in [3.63, 3.8) is 0 Å². The van der Waals surface area contributed by atoms with Crippen LogP contribution in [-0.2, 0) is 0 Å². The highest BCUT2D eigenvalue weighted by Gasteiger charge is 2.61. The van der Waals surface area contributed by atoms with E-state index in [0.717, 1.165) is 37.0 Å². The Morgan fingerprint density at radius 2 is 1.68 bits per heavy atom. The highest BCUT2D eigenvalue weighted by Crippen LogP contribution is 2.69. The minimum atomic E-state index is -0.795. The summed E-state index contributed by atoms with van der Waals surface area (Å²) in [5.41, 5.74) is 0.253. The highest BCUT2D eigenvalue weighted by atomic mass is 19.1. The van der Waals surface area contributed by atoms with Crippen LogP contribution in [0.2, 0.25) is 0 Å². The molecular weight excluding hydrogens is 351 g/mol. The van der Waals surface area contributed by atoms with Crippen LogP contribution in [0.15, 0.2) is 0 Å². The Kier molecular flexibility index (Phi) is 5.44. The Morgan fingerprint density at radius 1 is 0.964 bits per heavy atom. The van der Waals surface area contributed by atoms with Crippen LogP contribution < -0.4 is 0 Å². The molecule has 0 heterocycles. The van der Waals surface area contributed by atoms with Crippen molar-refractivity contribution >= 4 is 0 Å². The van der Waals surface area contributed by atoms with Crippen molar-refractivity contribution in [3.05, 3.63) is 0 Å². The molecule has 0 saturated heterocycles. The summed E-state index contributed by atoms with van der Waals surface area (Å²) in [4.78, 5) is 0. The van der Waals surface area contributed by atoms with E-state index in [1.54, 1.807) is 0 Å². The molecule has 0 radical (unpaired) electrons. The minimum absolute atomic E-state index is 0.0673. The van der Waals surface area contributed by atoms with Crippen molar-refractivity contribution in [2.45, 2.75) is 104 Å². The summed E-state index contributed by atoms with van der Waals surface area (Å²) in [5, 5.41) is 21.1. The van der Waals surface area contributed by atoms with Gasteiger partial charge in [-0.3, -0.25) is 0 Å². The molecule has 162 valence electrons. The number of hydrogen-bond acceptors (Lipinski definition) is 2. The van der Waals surface area contributed by atoms with Gasteiger partial charge in [-0.1, -0.05) is 27.7 Å². The summed E-state index contributed by atoms with van der Waals surface area (Å²) in [6.45, 7) is 8.64. The second-order valence-electron chi connectivity index (χ2n) is 11.7. The van der Waals surface area contributed by atoms with Gasteiger partial charge >= 0.3 is 0 Å². The van der Waals surface area contributed by atoms with E-state index in [1.807, 2.05) is 0 Å². The molecule has 10 atom stereocenters. The van der Waals surface area contributed by atoms with Gasteiger partial charge < -0.3 is 10.2 Å². The summed E-state index contributed by atoms with van der Waals surface area (Å²) in [6.07, 6.45) is 10.8. The van der Waals surface area contributed by atoms with E-state index in [9.17, 15) is 14.6 Å². The Labute approximate surface area is 171 Å². The smallest absolute Gasteiger partial charge is 0.116 e. The summed E-state index contributed by atoms with van der Waals surface area (Å²) < 4.78 is 13.2. The number of alkyl halides is 1. The lowest BCUT2D eigenvalue weighted by atomic mass is 9.43. The number of aliphatic hydroxyl groups is 2. The lowest BCUT2D eigenvalue weighted by molar-refractivity contribution is -0.154. The Hall–Kier alpha value is -0.150. The van der Waals surface area contributed by atoms with Crippen LogP contribution in [-0.4, -0.2) is 28.6 Å². The third-order valence-corrected chi connectivity index (χ3v) is 11.0. The summed E-state index contributed by atoms with van der Waals surface area (Å²) in [7, 11) is 0. The second kappa shape index (κ2) is 7.22. The molecule has 3 heteroatoms. The van der Waals surface area contributed by atoms with Crippen molar-refractivity contribution in [1.82, 2.24) is 0 Å². The molecule has 4 fully saturated rings. The van der Waals surface area contributed by atoms with Crippen LogP contribution in [0, 0.1) is 46.3 Å². The third kappa shape index (κ3) is 3.01. The first-order valence-electron chi connectivity index (χ1n) is 12.1. The van der Waals surface area contributed by atoms with Crippen LogP contribution in [0.4, 0.5) is 4.39 Å². The molecule has 0 unspecified atom stereocenters. The Morgan fingerprint density at radius 3 is 2.36 bits per heavy atom. The zero-order valence-electron chi connectivity index (χ0n) is 18.6. The summed E-state index contributed by atoms with van der Waals surface area (Å²) in [6, 6.07) is 0. The normalized spacial score (nSPS) is 53.0. The molecule has 4 rings (SSSR count). The average molecular weight is 395 g/mol. The maximum Gasteiger partial charge on any atom is 0.116 e. The topological polar surface area (TPSA) is 40.5 Å². The molecule has 4 aliphatic carbocycles. The lowest BCUT2D eigenvalue weighted by Crippen LogP contribution is -2.56. The fourth-order valence-corrected chi connectivity index (χ4v) is 8.96. The first-order valence-corrected chi connectivity index (χ1v) is 12.1. The molecule has 0 amide bonds. The van der Waals surface area contributed by atoms with Crippen molar-refractivity contribution in [2.75, 3.05) is 6.67 Å². The predicted octanol–water partition coefficient (Wildman–Crippen LogP) is 5.75. The fourth-order valence-electron chi connectivity index (χ4n) is 8.96. The third-order valence-electron chi connectivity index (χ3n) is 11.0. The van der Waals surface area contributed by atoms with Crippen molar-refractivity contribution in [2.24, 2.45) is 46.3 Å². The fraction of sp³-hybridized carbons (Fsp3) is 1.00. The zero-order valence-corrected chi connectivity index (χ0v) is 18.6. The molecule has 0 aromatic heterocycles. The van der Waals surface area contributed by atoms with Gasteiger partial charge in [-0.15, -0.1) is 0 Å². The Balaban J connectivity index is 1.55. The van der Waals surface area contributed by atoms with E-state index in [-0.39, 0.29) is 11.3 Å². The molecule has 0 aromatic carbocycles. The highest BCUT2D eigenvalue weighted by molar-refractivity contribution is 5.11. The Bertz CT molecular complexity index is 581. The molecule has 0 aliphatic heterocycles. The van der Waals surface area contributed by atoms with Crippen molar-refractivity contribution in [1.29, 1.82) is 0 Å². The van der Waals surface area contributed by atoms with E-state index in [0.29, 0.717) is 17.3 Å². The van der Waals surface area contributed by atoms with E-state index in [4.69, 9.17) is 0 Å². The number of aliphatic hydroxyl groups excluding tert-OH is 1. The van der Waals surface area contributed by atoms with E-state index < -0.39 is 18.4 Å². The van der Waals surface area contributed by atoms with Gasteiger partial charge in [0.15, 0.2) is 0 Å². The van der Waals surface area contributed by atoms with Gasteiger partial charge in [0.2, 0.25) is 0 Å². The van der Waals surface area contributed by atoms with Crippen LogP contribution in [0.5, 0.6) is 0 Å². The van der Waals surface area contributed by atoms with Crippen LogP contribution in [0.1, 0.15) is 91.9 Å². The molecule has 2 N–H and O–H groups in total. The largest absolute Gasteiger partial charge is 0.390 e. The SMILES string of the molecule is CC[C@@]1(O)CC[C@@]2(C)[C@H](CC[C@@H]3[C@@H]2CC[C@]2(C)[C@@H]([C@H](C)[C@H](O)CF)CC[C@@H]32)C1. The number of rotatable bonds is 4. The number of fused-ring (bicyclic) bond motifs is 5. The van der Waals surface area contributed by atoms with Gasteiger partial charge in [0.05, 0.1) is 11.7 Å². The first-order chi connectivity index (χ1) is 13.2. The average Bonchev–Trinajstić information content (AvgIpc) is 3.04. The molecular formula is C25H43FO2. The van der Waals surface area contributed by atoms with E-state index in [2.05, 4.69) is 27.7 Å². The summed E-state index contributed by atoms with van der Waals surface area (Å²) >= 11 is 0. The molecule has 4 aliphatic rings. The van der Waals surface area contributed by atoms with Gasteiger partial charge in [-0.05, 0) is 111 Å². The lowest BCUT2D eigenvalue weighted by Gasteiger charge is -2.62. The zero-order chi connectivity index (χ0) is 20.3. The van der Waals surface area contributed by atoms with Crippen LogP contribution in [0.3, 0.4) is 0 Å². The summed E-state index contributed by atoms with van der Waals surface area (Å²) in [5.74, 6) is 3.55. The van der Waals surface area contributed by atoms with E-state index >= 15 is 0 Å². The molecule has 4 saturated carbocycles. The maximum atomic E-state index is 13.2. The first kappa shape index (κ1) is 21.1. The molecule has 0 aromatic rings. The molecule has 0 spiro atoms. The van der Waals surface area contributed by atoms with Gasteiger partial charge in [0.25, 0.3) is 0 Å². The molecule has 0 bridgehead atoms. The van der Waals surface area contributed by atoms with Gasteiger partial charge in [-0.25, -0.2) is 4.39 Å². The van der Waals surface area contributed by atoms with Crippen molar-refractivity contribution in [3.8, 4) is 0 Å². The quantitative estimate of drug-likeness (QED) is 0.637. The predicted molar refractivity (Wildman–Crippen MR) is 112 cm³/mol. The van der Waals surface area contributed by atoms with Gasteiger partial charge in [0.1, 0.15) is 6.67 Å². The minimum Gasteiger partial charge on any atom is -0.390 e. The number of halogens is 1. The molecule has 2 nitrogen and oxygen atoms in total. The molecule has 28 heavy (non-hydrogen) atoms. The van der Waals surface area contributed by atoms with E-state index in [1.165, 1.54) is 44.9 Å². The van der Waals surface area contributed by atoms with Crippen molar-refractivity contribution < 1.29 is 14.6 Å².